The zero-order chi connectivity index (χ0) is 21.5. The molecular weight excluding hydrogens is 378 g/mol. The summed E-state index contributed by atoms with van der Waals surface area (Å²) in [5.41, 5.74) is 2.58. The van der Waals surface area contributed by atoms with Crippen LogP contribution in [0.4, 0.5) is 0 Å². The van der Waals surface area contributed by atoms with E-state index in [1.165, 1.54) is 5.01 Å². The number of amides is 2. The summed E-state index contributed by atoms with van der Waals surface area (Å²) in [6.07, 6.45) is 1.43. The highest BCUT2D eigenvalue weighted by Gasteiger charge is 2.29. The molecule has 0 aliphatic carbocycles. The maximum atomic E-state index is 13.2. The number of hydrazone groups is 1. The number of benzene rings is 2. The van der Waals surface area contributed by atoms with Crippen molar-refractivity contribution in [2.45, 2.75) is 45.7 Å². The van der Waals surface area contributed by atoms with E-state index >= 15 is 0 Å². The summed E-state index contributed by atoms with van der Waals surface area (Å²) in [6, 6.07) is 17.6. The first-order chi connectivity index (χ1) is 14.5. The van der Waals surface area contributed by atoms with Crippen molar-refractivity contribution in [2.75, 3.05) is 13.7 Å². The van der Waals surface area contributed by atoms with Gasteiger partial charge in [-0.1, -0.05) is 42.5 Å². The Morgan fingerprint density at radius 3 is 2.43 bits per heavy atom. The summed E-state index contributed by atoms with van der Waals surface area (Å²) in [4.78, 5) is 27.4. The van der Waals surface area contributed by atoms with Crippen LogP contribution >= 0.6 is 0 Å². The molecule has 1 aliphatic heterocycles. The van der Waals surface area contributed by atoms with Gasteiger partial charge in [0, 0.05) is 25.4 Å². The quantitative estimate of drug-likeness (QED) is 0.671. The van der Waals surface area contributed by atoms with E-state index in [0.29, 0.717) is 31.6 Å². The van der Waals surface area contributed by atoms with Crippen molar-refractivity contribution in [3.05, 3.63) is 65.7 Å². The van der Waals surface area contributed by atoms with Crippen molar-refractivity contribution in [1.82, 2.24) is 9.91 Å². The highest BCUT2D eigenvalue weighted by molar-refractivity contribution is 6.39. The summed E-state index contributed by atoms with van der Waals surface area (Å²) in [6.45, 7) is 4.98. The Kier molecular flexibility index (Phi) is 7.22. The predicted octanol–water partition coefficient (Wildman–Crippen LogP) is 3.65. The smallest absolute Gasteiger partial charge is 0.270 e. The average molecular weight is 408 g/mol. The average Bonchev–Trinajstić information content (AvgIpc) is 2.77. The third-order valence-corrected chi connectivity index (χ3v) is 5.35. The van der Waals surface area contributed by atoms with Crippen LogP contribution in [0.3, 0.4) is 0 Å². The van der Waals surface area contributed by atoms with Gasteiger partial charge >= 0.3 is 0 Å². The molecule has 158 valence electrons. The Morgan fingerprint density at radius 1 is 1.10 bits per heavy atom. The van der Waals surface area contributed by atoms with Crippen molar-refractivity contribution in [2.24, 2.45) is 5.10 Å². The lowest BCUT2D eigenvalue weighted by Gasteiger charge is -2.31. The fourth-order valence-corrected chi connectivity index (χ4v) is 3.67. The second-order valence-electron chi connectivity index (χ2n) is 7.48. The lowest BCUT2D eigenvalue weighted by Crippen LogP contribution is -2.45. The minimum absolute atomic E-state index is 0.0128. The Bertz CT molecular complexity index is 894. The molecule has 0 spiro atoms. The van der Waals surface area contributed by atoms with Gasteiger partial charge in [0.25, 0.3) is 5.91 Å². The zero-order valence-corrected chi connectivity index (χ0v) is 17.9. The molecule has 1 atom stereocenters. The number of methoxy groups -OCH3 is 1. The second kappa shape index (κ2) is 10.1. The molecule has 0 saturated heterocycles. The highest BCUT2D eigenvalue weighted by Crippen LogP contribution is 2.18. The Labute approximate surface area is 178 Å². The van der Waals surface area contributed by atoms with Gasteiger partial charge < -0.3 is 9.64 Å². The summed E-state index contributed by atoms with van der Waals surface area (Å²) < 4.78 is 5.21. The van der Waals surface area contributed by atoms with Crippen LogP contribution in [0.5, 0.6) is 5.75 Å². The van der Waals surface area contributed by atoms with Crippen molar-refractivity contribution in [3.8, 4) is 5.75 Å². The number of nitrogens with zero attached hydrogens (tertiary/aromatic N) is 3. The lowest BCUT2D eigenvalue weighted by molar-refractivity contribution is -0.132. The molecule has 0 saturated carbocycles. The summed E-state index contributed by atoms with van der Waals surface area (Å²) in [5, 5.41) is 5.86. The molecule has 1 unspecified atom stereocenters. The van der Waals surface area contributed by atoms with Crippen LogP contribution in [-0.4, -0.2) is 47.1 Å². The Morgan fingerprint density at radius 2 is 1.80 bits per heavy atom. The van der Waals surface area contributed by atoms with Crippen LogP contribution in [0.25, 0.3) is 0 Å². The van der Waals surface area contributed by atoms with E-state index in [1.54, 1.807) is 7.11 Å². The molecule has 2 aromatic carbocycles. The van der Waals surface area contributed by atoms with Crippen molar-refractivity contribution in [3.63, 3.8) is 0 Å². The molecule has 2 aromatic rings. The van der Waals surface area contributed by atoms with E-state index in [1.807, 2.05) is 73.3 Å². The maximum Gasteiger partial charge on any atom is 0.270 e. The highest BCUT2D eigenvalue weighted by atomic mass is 16.5. The van der Waals surface area contributed by atoms with Crippen LogP contribution in [0, 0.1) is 0 Å². The van der Waals surface area contributed by atoms with Gasteiger partial charge in [-0.3, -0.25) is 9.59 Å². The fraction of sp³-hybridized carbons (Fsp3) is 0.375. The Hall–Kier alpha value is -3.15. The number of ether oxygens (including phenoxy) is 1. The van der Waals surface area contributed by atoms with Crippen LogP contribution in [0.1, 0.15) is 37.8 Å². The second-order valence-corrected chi connectivity index (χ2v) is 7.48. The molecule has 30 heavy (non-hydrogen) atoms. The van der Waals surface area contributed by atoms with Gasteiger partial charge in [0.15, 0.2) is 0 Å². The molecule has 6 nitrogen and oxygen atoms in total. The van der Waals surface area contributed by atoms with Crippen LogP contribution in [0.15, 0.2) is 59.7 Å². The van der Waals surface area contributed by atoms with E-state index < -0.39 is 0 Å². The number of hydrogen-bond acceptors (Lipinski definition) is 4. The van der Waals surface area contributed by atoms with Gasteiger partial charge in [-0.2, -0.15) is 5.10 Å². The first kappa shape index (κ1) is 21.6. The number of carbonyl (C=O) groups excluding carboxylic acids is 2. The molecule has 0 fully saturated rings. The van der Waals surface area contributed by atoms with Crippen molar-refractivity contribution in [1.29, 1.82) is 0 Å². The van der Waals surface area contributed by atoms with Gasteiger partial charge in [0.2, 0.25) is 5.91 Å². The summed E-state index contributed by atoms with van der Waals surface area (Å²) >= 11 is 0. The SMILES string of the molecule is CCN(C(=O)C1=NN(Cc2ccccc2)C(=O)CC1)C(C)Cc1ccc(OC)cc1. The standard InChI is InChI=1S/C24H29N3O3/c1-4-26(18(2)16-19-10-12-21(30-3)13-11-19)24(29)22-14-15-23(28)27(25-22)17-20-8-6-5-7-9-20/h5-13,18H,4,14-17H2,1-3H3. The number of carbonyl (C=O) groups is 2. The number of hydrogen-bond donors (Lipinski definition) is 0. The molecule has 1 aliphatic rings. The molecule has 3 rings (SSSR count). The summed E-state index contributed by atoms with van der Waals surface area (Å²) in [7, 11) is 1.64. The largest absolute Gasteiger partial charge is 0.497 e. The molecule has 0 aromatic heterocycles. The molecule has 1 heterocycles. The molecule has 0 bridgehead atoms. The third kappa shape index (κ3) is 5.26. The summed E-state index contributed by atoms with van der Waals surface area (Å²) in [5.74, 6) is 0.670. The molecule has 0 N–H and O–H groups in total. The van der Waals surface area contributed by atoms with Crippen LogP contribution < -0.4 is 4.74 Å². The van der Waals surface area contributed by atoms with Gasteiger partial charge in [-0.05, 0) is 43.5 Å². The van der Waals surface area contributed by atoms with Crippen LogP contribution in [0.2, 0.25) is 0 Å². The van der Waals surface area contributed by atoms with E-state index in [-0.39, 0.29) is 17.9 Å². The molecule has 2 amide bonds. The maximum absolute atomic E-state index is 13.2. The van der Waals surface area contributed by atoms with Gasteiger partial charge in [0.1, 0.15) is 11.5 Å². The zero-order valence-electron chi connectivity index (χ0n) is 17.9. The van der Waals surface area contributed by atoms with E-state index in [2.05, 4.69) is 5.10 Å². The van der Waals surface area contributed by atoms with Gasteiger partial charge in [-0.25, -0.2) is 5.01 Å². The van der Waals surface area contributed by atoms with E-state index in [4.69, 9.17) is 4.74 Å². The fourth-order valence-electron chi connectivity index (χ4n) is 3.67. The van der Waals surface area contributed by atoms with E-state index in [0.717, 1.165) is 23.3 Å². The predicted molar refractivity (Wildman–Crippen MR) is 117 cm³/mol. The molecule has 6 heteroatoms. The first-order valence-electron chi connectivity index (χ1n) is 10.4. The number of likely N-dealkylation sites (N-methyl/N-ethyl adjacent to an activating group) is 1. The Balaban J connectivity index is 1.71. The van der Waals surface area contributed by atoms with Gasteiger partial charge in [-0.15, -0.1) is 0 Å². The minimum Gasteiger partial charge on any atom is -0.497 e. The normalized spacial score (nSPS) is 14.8. The number of rotatable bonds is 8. The van der Waals surface area contributed by atoms with Crippen molar-refractivity contribution >= 4 is 17.5 Å². The first-order valence-corrected chi connectivity index (χ1v) is 10.4. The molecule has 0 radical (unpaired) electrons. The monoisotopic (exact) mass is 407 g/mol. The topological polar surface area (TPSA) is 62.2 Å². The third-order valence-electron chi connectivity index (χ3n) is 5.35. The molecular formula is C24H29N3O3. The lowest BCUT2D eigenvalue weighted by atomic mass is 10.0. The van der Waals surface area contributed by atoms with Gasteiger partial charge in [0.05, 0.1) is 13.7 Å². The minimum atomic E-state index is -0.0935. The van der Waals surface area contributed by atoms with Crippen molar-refractivity contribution < 1.29 is 14.3 Å². The van der Waals surface area contributed by atoms with E-state index in [9.17, 15) is 9.59 Å². The van der Waals surface area contributed by atoms with Crippen LogP contribution in [-0.2, 0) is 22.6 Å².